The lowest BCUT2D eigenvalue weighted by Gasteiger charge is -2.14. The van der Waals surface area contributed by atoms with E-state index in [1.54, 1.807) is 18.2 Å². The SMILES string of the molecule is CNS(=O)(=O)c1ccc(Nc2cc(NCc3cc(F)cc(F)c3)c(CC(N)=O)cn2)cc1. The predicted octanol–water partition coefficient (Wildman–Crippen LogP) is 2.65. The Labute approximate surface area is 183 Å². The molecule has 0 bridgehead atoms. The van der Waals surface area contributed by atoms with Gasteiger partial charge in [-0.1, -0.05) is 0 Å². The van der Waals surface area contributed by atoms with Crippen molar-refractivity contribution in [1.82, 2.24) is 9.71 Å². The van der Waals surface area contributed by atoms with Crippen LogP contribution in [0.5, 0.6) is 0 Å². The minimum Gasteiger partial charge on any atom is -0.381 e. The van der Waals surface area contributed by atoms with Crippen molar-refractivity contribution in [2.45, 2.75) is 17.9 Å². The van der Waals surface area contributed by atoms with Crippen molar-refractivity contribution in [2.75, 3.05) is 17.7 Å². The molecule has 0 aliphatic carbocycles. The fourth-order valence-corrected chi connectivity index (χ4v) is 3.67. The van der Waals surface area contributed by atoms with Gasteiger partial charge < -0.3 is 16.4 Å². The number of aromatic nitrogens is 1. The van der Waals surface area contributed by atoms with Crippen LogP contribution in [0.1, 0.15) is 11.1 Å². The lowest BCUT2D eigenvalue weighted by molar-refractivity contribution is -0.117. The van der Waals surface area contributed by atoms with Gasteiger partial charge in [0.2, 0.25) is 15.9 Å². The largest absolute Gasteiger partial charge is 0.381 e. The summed E-state index contributed by atoms with van der Waals surface area (Å²) in [5.41, 5.74) is 7.26. The van der Waals surface area contributed by atoms with Gasteiger partial charge in [-0.2, -0.15) is 0 Å². The van der Waals surface area contributed by atoms with Crippen molar-refractivity contribution < 1.29 is 22.0 Å². The van der Waals surface area contributed by atoms with Gasteiger partial charge in [0.25, 0.3) is 0 Å². The molecule has 2 aromatic carbocycles. The number of halogens is 2. The van der Waals surface area contributed by atoms with E-state index in [9.17, 15) is 22.0 Å². The number of rotatable bonds is 9. The molecule has 3 aromatic rings. The maximum absolute atomic E-state index is 13.4. The number of benzene rings is 2. The van der Waals surface area contributed by atoms with E-state index in [-0.39, 0.29) is 17.9 Å². The van der Waals surface area contributed by atoms with E-state index in [4.69, 9.17) is 5.73 Å². The summed E-state index contributed by atoms with van der Waals surface area (Å²) in [7, 11) is -2.23. The van der Waals surface area contributed by atoms with E-state index in [1.165, 1.54) is 37.5 Å². The number of hydrogen-bond acceptors (Lipinski definition) is 6. The molecule has 1 heterocycles. The summed E-state index contributed by atoms with van der Waals surface area (Å²) in [6.45, 7) is 0.0977. The Hall–Kier alpha value is -3.57. The summed E-state index contributed by atoms with van der Waals surface area (Å²) < 4.78 is 52.8. The molecule has 3 rings (SSSR count). The monoisotopic (exact) mass is 461 g/mol. The van der Waals surface area contributed by atoms with Crippen LogP contribution in [0.25, 0.3) is 0 Å². The van der Waals surface area contributed by atoms with E-state index in [2.05, 4.69) is 20.3 Å². The normalized spacial score (nSPS) is 11.2. The summed E-state index contributed by atoms with van der Waals surface area (Å²) in [6, 6.07) is 10.8. The second-order valence-electron chi connectivity index (χ2n) is 6.86. The molecule has 0 aliphatic heterocycles. The lowest BCUT2D eigenvalue weighted by Crippen LogP contribution is -2.18. The quantitative estimate of drug-likeness (QED) is 0.388. The van der Waals surface area contributed by atoms with E-state index in [0.717, 1.165) is 6.07 Å². The second kappa shape index (κ2) is 9.71. The Morgan fingerprint density at radius 2 is 1.72 bits per heavy atom. The van der Waals surface area contributed by atoms with Gasteiger partial charge in [0.1, 0.15) is 17.5 Å². The molecule has 0 radical (unpaired) electrons. The first-order valence-electron chi connectivity index (χ1n) is 9.43. The van der Waals surface area contributed by atoms with E-state index >= 15 is 0 Å². The number of nitrogens with one attached hydrogen (secondary N) is 3. The zero-order valence-corrected chi connectivity index (χ0v) is 17.8. The van der Waals surface area contributed by atoms with Gasteiger partial charge in [0, 0.05) is 41.8 Å². The first-order valence-corrected chi connectivity index (χ1v) is 10.9. The molecular formula is C21H21F2N5O3S. The second-order valence-corrected chi connectivity index (χ2v) is 8.74. The molecule has 1 aromatic heterocycles. The molecule has 168 valence electrons. The van der Waals surface area contributed by atoms with Crippen LogP contribution in [0.2, 0.25) is 0 Å². The van der Waals surface area contributed by atoms with Crippen molar-refractivity contribution in [3.05, 3.63) is 77.5 Å². The van der Waals surface area contributed by atoms with Gasteiger partial charge in [0.15, 0.2) is 0 Å². The first-order chi connectivity index (χ1) is 15.2. The Balaban J connectivity index is 1.82. The molecule has 0 saturated heterocycles. The van der Waals surface area contributed by atoms with Crippen molar-refractivity contribution in [1.29, 1.82) is 0 Å². The first kappa shape index (κ1) is 23.1. The van der Waals surface area contributed by atoms with Crippen LogP contribution >= 0.6 is 0 Å². The van der Waals surface area contributed by atoms with Crippen LogP contribution in [-0.2, 0) is 27.8 Å². The minimum atomic E-state index is -3.55. The summed E-state index contributed by atoms with van der Waals surface area (Å²) in [5, 5.41) is 6.08. The predicted molar refractivity (Wildman–Crippen MR) is 117 cm³/mol. The number of carbonyl (C=O) groups is 1. The Bertz CT molecular complexity index is 1210. The highest BCUT2D eigenvalue weighted by Crippen LogP contribution is 2.24. The third-order valence-corrected chi connectivity index (χ3v) is 5.89. The number of pyridine rings is 1. The highest BCUT2D eigenvalue weighted by Gasteiger charge is 2.12. The van der Waals surface area contributed by atoms with Crippen LogP contribution in [0.15, 0.2) is 59.6 Å². The van der Waals surface area contributed by atoms with Gasteiger partial charge >= 0.3 is 0 Å². The van der Waals surface area contributed by atoms with Gasteiger partial charge in [-0.15, -0.1) is 0 Å². The summed E-state index contributed by atoms with van der Waals surface area (Å²) in [6.07, 6.45) is 1.38. The average molecular weight is 461 g/mol. The molecule has 0 aliphatic rings. The molecular weight excluding hydrogens is 440 g/mol. The minimum absolute atomic E-state index is 0.0797. The molecule has 0 fully saturated rings. The van der Waals surface area contributed by atoms with Crippen LogP contribution in [0.4, 0.5) is 26.0 Å². The third kappa shape index (κ3) is 5.99. The smallest absolute Gasteiger partial charge is 0.240 e. The van der Waals surface area contributed by atoms with Gasteiger partial charge in [-0.05, 0) is 49.0 Å². The van der Waals surface area contributed by atoms with Crippen molar-refractivity contribution in [3.63, 3.8) is 0 Å². The van der Waals surface area contributed by atoms with Crippen molar-refractivity contribution in [2.24, 2.45) is 5.73 Å². The molecule has 5 N–H and O–H groups in total. The Morgan fingerprint density at radius 1 is 1.06 bits per heavy atom. The maximum atomic E-state index is 13.4. The molecule has 8 nitrogen and oxygen atoms in total. The number of hydrogen-bond donors (Lipinski definition) is 4. The topological polar surface area (TPSA) is 126 Å². The van der Waals surface area contributed by atoms with Crippen LogP contribution in [-0.4, -0.2) is 26.4 Å². The van der Waals surface area contributed by atoms with Crippen LogP contribution < -0.4 is 21.1 Å². The molecule has 0 unspecified atom stereocenters. The Morgan fingerprint density at radius 3 is 2.31 bits per heavy atom. The molecule has 1 amide bonds. The van der Waals surface area contributed by atoms with Gasteiger partial charge in [-0.25, -0.2) is 26.9 Å². The number of nitrogens with two attached hydrogens (primary N) is 1. The number of sulfonamides is 1. The zero-order chi connectivity index (χ0) is 23.3. The maximum Gasteiger partial charge on any atom is 0.240 e. The fraction of sp³-hybridized carbons (Fsp3) is 0.143. The summed E-state index contributed by atoms with van der Waals surface area (Å²) in [4.78, 5) is 15.8. The van der Waals surface area contributed by atoms with E-state index in [1.807, 2.05) is 0 Å². The lowest BCUT2D eigenvalue weighted by atomic mass is 10.1. The molecule has 0 saturated carbocycles. The number of anilines is 3. The van der Waals surface area contributed by atoms with Crippen LogP contribution in [0, 0.1) is 11.6 Å². The molecule has 11 heteroatoms. The average Bonchev–Trinajstić information content (AvgIpc) is 2.73. The molecule has 32 heavy (non-hydrogen) atoms. The Kier molecular flexibility index (Phi) is 7.01. The summed E-state index contributed by atoms with van der Waals surface area (Å²) >= 11 is 0. The third-order valence-electron chi connectivity index (χ3n) is 4.46. The van der Waals surface area contributed by atoms with E-state index < -0.39 is 27.6 Å². The molecule has 0 atom stereocenters. The zero-order valence-electron chi connectivity index (χ0n) is 17.0. The highest BCUT2D eigenvalue weighted by molar-refractivity contribution is 7.89. The van der Waals surface area contributed by atoms with Crippen molar-refractivity contribution >= 4 is 33.1 Å². The fourth-order valence-electron chi connectivity index (χ4n) is 2.94. The standard InChI is InChI=1S/C21H21F2N5O3S/c1-25-32(30,31)18-4-2-17(3-5-18)28-21-10-19(14(12-27-21)8-20(24)29)26-11-13-6-15(22)9-16(23)7-13/h2-7,9-10,12,25H,8,11H2,1H3,(H2,24,29)(H2,26,27,28). The number of nitrogens with zero attached hydrogens (tertiary/aromatic N) is 1. The van der Waals surface area contributed by atoms with Gasteiger partial charge in [0.05, 0.1) is 11.3 Å². The van der Waals surface area contributed by atoms with E-state index in [0.29, 0.717) is 28.3 Å². The number of primary amides is 1. The molecule has 0 spiro atoms. The number of amides is 1. The summed E-state index contributed by atoms with van der Waals surface area (Å²) in [5.74, 6) is -1.55. The van der Waals surface area contributed by atoms with Crippen molar-refractivity contribution in [3.8, 4) is 0 Å². The van der Waals surface area contributed by atoms with Gasteiger partial charge in [-0.3, -0.25) is 4.79 Å². The highest BCUT2D eigenvalue weighted by atomic mass is 32.2. The number of carbonyl (C=O) groups excluding carboxylic acids is 1. The van der Waals surface area contributed by atoms with Crippen LogP contribution in [0.3, 0.4) is 0 Å².